The van der Waals surface area contributed by atoms with Crippen molar-refractivity contribution < 1.29 is 52.5 Å². The van der Waals surface area contributed by atoms with Gasteiger partial charge in [-0.1, -0.05) is 22.3 Å². The smallest absolute Gasteiger partial charge is 0.335 e. The molecule has 2 heterocycles. The van der Waals surface area contributed by atoms with Gasteiger partial charge in [0.2, 0.25) is 5.90 Å². The fourth-order valence-corrected chi connectivity index (χ4v) is 2.37. The van der Waals surface area contributed by atoms with Gasteiger partial charge in [-0.15, -0.1) is 0 Å². The van der Waals surface area contributed by atoms with Crippen molar-refractivity contribution >= 4 is 47.4 Å². The number of nitrogens with zero attached hydrogens (tertiary/aromatic N) is 2. The molecule has 13 heteroatoms. The summed E-state index contributed by atoms with van der Waals surface area (Å²) in [5.41, 5.74) is 7.32. The number of hydrogen-bond donors (Lipinski definition) is 0. The first-order valence-corrected chi connectivity index (χ1v) is 15.7. The number of cyclic esters (lactones) is 1. The Balaban J connectivity index is -0.000000561. The van der Waals surface area contributed by atoms with E-state index in [4.69, 9.17) is 18.9 Å². The number of esters is 5. The third-order valence-electron chi connectivity index (χ3n) is 6.49. The molecule has 13 nitrogen and oxygen atoms in total. The van der Waals surface area contributed by atoms with E-state index >= 15 is 0 Å². The molecule has 0 amide bonds. The number of aliphatic imine (C=N–C) groups is 2. The van der Waals surface area contributed by atoms with Gasteiger partial charge in [-0.2, -0.15) is 0 Å². The van der Waals surface area contributed by atoms with E-state index in [0.29, 0.717) is 23.7 Å². The molecule has 2 aliphatic heterocycles. The average molecular weight is 705 g/mol. The highest BCUT2D eigenvalue weighted by Gasteiger charge is 2.24. The molecule has 0 aromatic carbocycles. The number of hydrogen-bond acceptors (Lipinski definition) is 13. The molecule has 2 aliphatic rings. The van der Waals surface area contributed by atoms with Crippen LogP contribution >= 0.6 is 0 Å². The van der Waals surface area contributed by atoms with E-state index in [-0.39, 0.29) is 43.1 Å². The molecule has 1 atom stereocenters. The number of ketones is 1. The summed E-state index contributed by atoms with van der Waals surface area (Å²) in [6, 6.07) is 0. The largest absolute Gasteiger partial charge is 0.459 e. The lowest BCUT2D eigenvalue weighted by Gasteiger charge is -2.03. The number of allylic oxidation sites excluding steroid dienone is 5. The minimum atomic E-state index is -0.562. The zero-order chi connectivity index (χ0) is 39.7. The van der Waals surface area contributed by atoms with Gasteiger partial charge in [-0.3, -0.25) is 14.4 Å². The Bertz CT molecular complexity index is 1400. The standard InChI is InChI=1S/C9H13NO2.C9H14O3.C8H11NO2.C7H12O.C4H6O3/c1-5-10-6-12-9(11)8(4)7(2)3;1-6(2)7(3)9(10)12-5-8-4-11-8;1-5(2)6(3)8-9-4-7(10)11-8;1-5(2)6(3)7(4)8;1-3(5)7-4(2)6/h1,6H2,2-4H3;8H,4-5H2,1-3H3;4H2,1-3H3;1-4H3;1-2H3. The third kappa shape index (κ3) is 27.2. The molecule has 0 aliphatic carbocycles. The van der Waals surface area contributed by atoms with Crippen LogP contribution in [0.2, 0.25) is 0 Å². The van der Waals surface area contributed by atoms with Crippen LogP contribution in [-0.4, -0.2) is 80.0 Å². The summed E-state index contributed by atoms with van der Waals surface area (Å²) >= 11 is 0. The molecule has 1 saturated heterocycles. The number of Topliss-reactive ketones (excluding diaryl/α,β-unsaturated/α-hetero) is 1. The van der Waals surface area contributed by atoms with Crippen molar-refractivity contribution in [1.82, 2.24) is 0 Å². The molecule has 1 fully saturated rings. The number of epoxide rings is 1. The first-order chi connectivity index (χ1) is 23.0. The molecule has 0 radical (unpaired) electrons. The molecule has 0 N–H and O–H groups in total. The van der Waals surface area contributed by atoms with E-state index < -0.39 is 11.9 Å². The van der Waals surface area contributed by atoms with Crippen LogP contribution < -0.4 is 0 Å². The van der Waals surface area contributed by atoms with Crippen LogP contribution in [0.4, 0.5) is 0 Å². The predicted molar refractivity (Wildman–Crippen MR) is 192 cm³/mol. The van der Waals surface area contributed by atoms with Crippen molar-refractivity contribution in [3.8, 4) is 0 Å². The highest BCUT2D eigenvalue weighted by atomic mass is 16.6. The number of carbonyl (C=O) groups is 6. The lowest BCUT2D eigenvalue weighted by Crippen LogP contribution is -2.11. The van der Waals surface area contributed by atoms with Crippen LogP contribution in [0.25, 0.3) is 0 Å². The molecule has 2 rings (SSSR count). The van der Waals surface area contributed by atoms with Crippen molar-refractivity contribution in [2.75, 3.05) is 26.5 Å². The summed E-state index contributed by atoms with van der Waals surface area (Å²) in [4.78, 5) is 70.5. The van der Waals surface area contributed by atoms with Crippen LogP contribution in [0.1, 0.15) is 104 Å². The molecule has 0 aromatic heterocycles. The molecule has 0 bridgehead atoms. The number of rotatable bonds is 8. The van der Waals surface area contributed by atoms with Gasteiger partial charge in [0.1, 0.15) is 19.3 Å². The van der Waals surface area contributed by atoms with Gasteiger partial charge in [0.25, 0.3) is 0 Å². The Morgan fingerprint density at radius 3 is 1.44 bits per heavy atom. The summed E-state index contributed by atoms with van der Waals surface area (Å²) in [5, 5.41) is 0. The third-order valence-corrected chi connectivity index (χ3v) is 6.49. The maximum absolute atomic E-state index is 11.2. The SMILES string of the molecule is C=C=NCOC(=O)C(C)=C(C)C.CC(=O)C(C)=C(C)C.CC(=O)OC(C)=O.CC(C)=C(C)C(=O)OCC1CO1.CC(C)=C(C)C1=NCC(=O)O1. The van der Waals surface area contributed by atoms with E-state index in [1.54, 1.807) is 20.8 Å². The summed E-state index contributed by atoms with van der Waals surface area (Å²) in [6.07, 6.45) is 0.152. The van der Waals surface area contributed by atoms with Gasteiger partial charge in [-0.25, -0.2) is 24.4 Å². The Kier molecular flexibility index (Phi) is 26.9. The van der Waals surface area contributed by atoms with Gasteiger partial charge in [0, 0.05) is 30.6 Å². The van der Waals surface area contributed by atoms with Gasteiger partial charge in [0.15, 0.2) is 12.5 Å². The topological polar surface area (TPSA) is 177 Å². The van der Waals surface area contributed by atoms with Crippen molar-refractivity contribution in [1.29, 1.82) is 0 Å². The van der Waals surface area contributed by atoms with Crippen LogP contribution in [0.3, 0.4) is 0 Å². The fourth-order valence-electron chi connectivity index (χ4n) is 2.37. The van der Waals surface area contributed by atoms with Crippen molar-refractivity contribution in [3.63, 3.8) is 0 Å². The number of carbonyl (C=O) groups excluding carboxylic acids is 6. The van der Waals surface area contributed by atoms with Crippen LogP contribution in [0.5, 0.6) is 0 Å². The van der Waals surface area contributed by atoms with E-state index in [1.165, 1.54) is 13.8 Å². The minimum Gasteiger partial charge on any atom is -0.459 e. The minimum absolute atomic E-state index is 0.00699. The summed E-state index contributed by atoms with van der Waals surface area (Å²) in [5.74, 6) is 0.967. The Morgan fingerprint density at radius 1 is 0.740 bits per heavy atom. The monoisotopic (exact) mass is 704 g/mol. The first kappa shape index (κ1) is 49.6. The molecular weight excluding hydrogens is 648 g/mol. The van der Waals surface area contributed by atoms with Crippen molar-refractivity contribution in [2.24, 2.45) is 9.98 Å². The average Bonchev–Trinajstić information content (AvgIpc) is 3.75. The second-order valence-electron chi connectivity index (χ2n) is 11.7. The zero-order valence-corrected chi connectivity index (χ0v) is 32.5. The molecular formula is C37H56N2O11. The highest BCUT2D eigenvalue weighted by molar-refractivity contribution is 6.04. The van der Waals surface area contributed by atoms with Crippen molar-refractivity contribution in [2.45, 2.75) is 110 Å². The molecule has 0 spiro atoms. The molecule has 0 aromatic rings. The lowest BCUT2D eigenvalue weighted by molar-refractivity contribution is -0.156. The second kappa shape index (κ2) is 27.1. The molecule has 280 valence electrons. The van der Waals surface area contributed by atoms with Gasteiger partial charge in [0.05, 0.1) is 6.61 Å². The fraction of sp³-hybridized carbons (Fsp3) is 0.541. The summed E-state index contributed by atoms with van der Waals surface area (Å²) < 4.78 is 23.4. The van der Waals surface area contributed by atoms with Crippen LogP contribution in [0.15, 0.2) is 61.1 Å². The Morgan fingerprint density at radius 2 is 1.18 bits per heavy atom. The van der Waals surface area contributed by atoms with Crippen LogP contribution in [0, 0.1) is 0 Å². The van der Waals surface area contributed by atoms with E-state index in [9.17, 15) is 28.8 Å². The summed E-state index contributed by atoms with van der Waals surface area (Å²) in [6.45, 7) is 31.0. The molecule has 1 unspecified atom stereocenters. The van der Waals surface area contributed by atoms with Gasteiger partial charge >= 0.3 is 29.8 Å². The first-order valence-electron chi connectivity index (χ1n) is 15.7. The second-order valence-corrected chi connectivity index (χ2v) is 11.7. The Labute approximate surface area is 297 Å². The maximum Gasteiger partial charge on any atom is 0.335 e. The van der Waals surface area contributed by atoms with E-state index in [2.05, 4.69) is 27.2 Å². The van der Waals surface area contributed by atoms with Crippen molar-refractivity contribution in [3.05, 3.63) is 51.2 Å². The quantitative estimate of drug-likeness (QED) is 0.0691. The predicted octanol–water partition coefficient (Wildman–Crippen LogP) is 6.31. The highest BCUT2D eigenvalue weighted by Crippen LogP contribution is 2.12. The maximum atomic E-state index is 11.2. The van der Waals surface area contributed by atoms with Crippen LogP contribution in [-0.2, 0) is 52.5 Å². The van der Waals surface area contributed by atoms with Gasteiger partial charge < -0.3 is 23.7 Å². The number of ether oxygens (including phenoxy) is 5. The van der Waals surface area contributed by atoms with E-state index in [1.807, 2.05) is 69.2 Å². The zero-order valence-electron chi connectivity index (χ0n) is 32.5. The molecule has 0 saturated carbocycles. The lowest BCUT2D eigenvalue weighted by atomic mass is 10.1. The van der Waals surface area contributed by atoms with Gasteiger partial charge in [-0.05, 0) is 108 Å². The molecule has 50 heavy (non-hydrogen) atoms. The van der Waals surface area contributed by atoms with E-state index in [0.717, 1.165) is 40.0 Å². The Hall–Kier alpha value is -4.74. The normalized spacial score (nSPS) is 12.7. The summed E-state index contributed by atoms with van der Waals surface area (Å²) in [7, 11) is 0.